The van der Waals surface area contributed by atoms with Crippen molar-refractivity contribution in [1.29, 1.82) is 0 Å². The van der Waals surface area contributed by atoms with E-state index in [-0.39, 0.29) is 0 Å². The van der Waals surface area contributed by atoms with Crippen molar-refractivity contribution in [2.24, 2.45) is 5.92 Å². The van der Waals surface area contributed by atoms with Crippen LogP contribution in [0.5, 0.6) is 0 Å². The topological polar surface area (TPSA) is 32.3 Å². The second-order valence-corrected chi connectivity index (χ2v) is 6.16. The second kappa shape index (κ2) is 11.1. The van der Waals surface area contributed by atoms with Gasteiger partial charge in [-0.2, -0.15) is 0 Å². The minimum absolute atomic E-state index is 0.369. The summed E-state index contributed by atoms with van der Waals surface area (Å²) in [6.45, 7) is 8.40. The summed E-state index contributed by atoms with van der Waals surface area (Å²) in [4.78, 5) is 14.3. The van der Waals surface area contributed by atoms with Crippen LogP contribution >= 0.6 is 0 Å². The number of nitrogens with one attached hydrogen (secondary N) is 1. The molecule has 1 unspecified atom stereocenters. The molecule has 0 spiro atoms. The fourth-order valence-electron chi connectivity index (χ4n) is 3.01. The van der Waals surface area contributed by atoms with E-state index in [1.54, 1.807) is 0 Å². The first-order valence-electron chi connectivity index (χ1n) is 8.76. The zero-order valence-corrected chi connectivity index (χ0v) is 13.6. The SMILES string of the molecule is CCCCCCCCC(=O)N(CC)CC1CCCNC1. The molecular formula is C17H34N2O. The van der Waals surface area contributed by atoms with Gasteiger partial charge in [0.05, 0.1) is 0 Å². The molecule has 1 N–H and O–H groups in total. The lowest BCUT2D eigenvalue weighted by molar-refractivity contribution is -0.131. The van der Waals surface area contributed by atoms with Crippen LogP contribution in [0.25, 0.3) is 0 Å². The van der Waals surface area contributed by atoms with E-state index < -0.39 is 0 Å². The van der Waals surface area contributed by atoms with E-state index in [0.717, 1.165) is 39.0 Å². The van der Waals surface area contributed by atoms with Gasteiger partial charge in [0, 0.05) is 19.5 Å². The van der Waals surface area contributed by atoms with Gasteiger partial charge in [-0.15, -0.1) is 0 Å². The van der Waals surface area contributed by atoms with E-state index in [1.165, 1.54) is 44.9 Å². The van der Waals surface area contributed by atoms with E-state index in [1.807, 2.05) is 0 Å². The Labute approximate surface area is 125 Å². The third-order valence-electron chi connectivity index (χ3n) is 4.36. The minimum Gasteiger partial charge on any atom is -0.343 e. The van der Waals surface area contributed by atoms with Gasteiger partial charge in [-0.1, -0.05) is 39.0 Å². The fraction of sp³-hybridized carbons (Fsp3) is 0.941. The normalized spacial score (nSPS) is 19.0. The molecule has 20 heavy (non-hydrogen) atoms. The van der Waals surface area contributed by atoms with Gasteiger partial charge in [0.1, 0.15) is 0 Å². The van der Waals surface area contributed by atoms with Crippen LogP contribution in [-0.4, -0.2) is 37.0 Å². The maximum Gasteiger partial charge on any atom is 0.222 e. The second-order valence-electron chi connectivity index (χ2n) is 6.16. The summed E-state index contributed by atoms with van der Waals surface area (Å²) < 4.78 is 0. The molecule has 1 aliphatic rings. The molecule has 1 heterocycles. The monoisotopic (exact) mass is 282 g/mol. The number of amides is 1. The number of rotatable bonds is 10. The van der Waals surface area contributed by atoms with Crippen LogP contribution in [0, 0.1) is 5.92 Å². The summed E-state index contributed by atoms with van der Waals surface area (Å²) in [5, 5.41) is 3.44. The number of nitrogens with zero attached hydrogens (tertiary/aromatic N) is 1. The maximum absolute atomic E-state index is 12.2. The first-order chi connectivity index (χ1) is 9.77. The molecule has 1 amide bonds. The quantitative estimate of drug-likeness (QED) is 0.621. The van der Waals surface area contributed by atoms with Crippen molar-refractivity contribution in [2.75, 3.05) is 26.2 Å². The van der Waals surface area contributed by atoms with E-state index in [4.69, 9.17) is 0 Å². The molecule has 0 aromatic heterocycles. The van der Waals surface area contributed by atoms with Crippen molar-refractivity contribution in [1.82, 2.24) is 10.2 Å². The lowest BCUT2D eigenvalue weighted by atomic mass is 9.99. The van der Waals surface area contributed by atoms with Gasteiger partial charge in [-0.25, -0.2) is 0 Å². The zero-order chi connectivity index (χ0) is 14.6. The summed E-state index contributed by atoms with van der Waals surface area (Å²) in [5.41, 5.74) is 0. The van der Waals surface area contributed by atoms with Gasteiger partial charge in [-0.05, 0) is 45.2 Å². The Morgan fingerprint density at radius 1 is 1.15 bits per heavy atom. The zero-order valence-electron chi connectivity index (χ0n) is 13.6. The molecule has 0 radical (unpaired) electrons. The van der Waals surface area contributed by atoms with Crippen LogP contribution in [0.4, 0.5) is 0 Å². The van der Waals surface area contributed by atoms with Crippen LogP contribution < -0.4 is 5.32 Å². The maximum atomic E-state index is 12.2. The summed E-state index contributed by atoms with van der Waals surface area (Å²) in [7, 11) is 0. The summed E-state index contributed by atoms with van der Waals surface area (Å²) >= 11 is 0. The molecule has 0 saturated carbocycles. The Kier molecular flexibility index (Phi) is 9.73. The van der Waals surface area contributed by atoms with Gasteiger partial charge >= 0.3 is 0 Å². The third-order valence-corrected chi connectivity index (χ3v) is 4.36. The Morgan fingerprint density at radius 3 is 2.55 bits per heavy atom. The van der Waals surface area contributed by atoms with E-state index in [2.05, 4.69) is 24.1 Å². The number of piperidine rings is 1. The van der Waals surface area contributed by atoms with Crippen molar-refractivity contribution in [3.05, 3.63) is 0 Å². The number of carbonyl (C=O) groups excluding carboxylic acids is 1. The molecule has 1 fully saturated rings. The molecule has 1 atom stereocenters. The van der Waals surface area contributed by atoms with Crippen molar-refractivity contribution in [3.8, 4) is 0 Å². The van der Waals surface area contributed by atoms with Gasteiger partial charge in [-0.3, -0.25) is 4.79 Å². The lowest BCUT2D eigenvalue weighted by Crippen LogP contribution is -2.40. The summed E-state index contributed by atoms with van der Waals surface area (Å²) in [5.74, 6) is 1.03. The highest BCUT2D eigenvalue weighted by Crippen LogP contribution is 2.14. The molecule has 118 valence electrons. The molecule has 1 saturated heterocycles. The smallest absolute Gasteiger partial charge is 0.222 e. The standard InChI is InChI=1S/C17H34N2O/c1-3-5-6-7-8-9-12-17(20)19(4-2)15-16-11-10-13-18-14-16/h16,18H,3-15H2,1-2H3. The Hall–Kier alpha value is -0.570. The predicted octanol–water partition coefficient (Wildman–Crippen LogP) is 3.59. The van der Waals surface area contributed by atoms with Gasteiger partial charge in [0.25, 0.3) is 0 Å². The van der Waals surface area contributed by atoms with Crippen LogP contribution in [-0.2, 0) is 4.79 Å². The minimum atomic E-state index is 0.369. The van der Waals surface area contributed by atoms with Crippen LogP contribution in [0.2, 0.25) is 0 Å². The molecule has 3 nitrogen and oxygen atoms in total. The molecule has 0 aliphatic carbocycles. The van der Waals surface area contributed by atoms with Crippen molar-refractivity contribution < 1.29 is 4.79 Å². The molecule has 3 heteroatoms. The number of hydrogen-bond donors (Lipinski definition) is 1. The van der Waals surface area contributed by atoms with E-state index in [9.17, 15) is 4.79 Å². The van der Waals surface area contributed by atoms with E-state index in [0.29, 0.717) is 11.8 Å². The number of hydrogen-bond acceptors (Lipinski definition) is 2. The Bertz CT molecular complexity index is 249. The number of unbranched alkanes of at least 4 members (excludes halogenated alkanes) is 5. The predicted molar refractivity (Wildman–Crippen MR) is 85.8 cm³/mol. The van der Waals surface area contributed by atoms with Crippen molar-refractivity contribution in [2.45, 2.75) is 71.6 Å². The fourth-order valence-corrected chi connectivity index (χ4v) is 3.01. The average Bonchev–Trinajstić information content (AvgIpc) is 2.49. The Morgan fingerprint density at radius 2 is 1.90 bits per heavy atom. The lowest BCUT2D eigenvalue weighted by Gasteiger charge is -2.29. The molecule has 0 bridgehead atoms. The van der Waals surface area contributed by atoms with Gasteiger partial charge in [0.15, 0.2) is 0 Å². The van der Waals surface area contributed by atoms with Gasteiger partial charge < -0.3 is 10.2 Å². The highest BCUT2D eigenvalue weighted by molar-refractivity contribution is 5.76. The van der Waals surface area contributed by atoms with E-state index >= 15 is 0 Å². The average molecular weight is 282 g/mol. The highest BCUT2D eigenvalue weighted by atomic mass is 16.2. The molecule has 1 rings (SSSR count). The first kappa shape index (κ1) is 17.5. The highest BCUT2D eigenvalue weighted by Gasteiger charge is 2.19. The third kappa shape index (κ3) is 7.28. The van der Waals surface area contributed by atoms with Crippen LogP contribution in [0.1, 0.15) is 71.6 Å². The molecule has 1 aliphatic heterocycles. The molecule has 0 aromatic rings. The number of carbonyl (C=O) groups is 1. The first-order valence-corrected chi connectivity index (χ1v) is 8.76. The van der Waals surface area contributed by atoms with Crippen molar-refractivity contribution >= 4 is 5.91 Å². The van der Waals surface area contributed by atoms with Crippen LogP contribution in [0.3, 0.4) is 0 Å². The largest absolute Gasteiger partial charge is 0.343 e. The summed E-state index contributed by atoms with van der Waals surface area (Å²) in [6.07, 6.45) is 10.8. The van der Waals surface area contributed by atoms with Crippen molar-refractivity contribution in [3.63, 3.8) is 0 Å². The Balaban J connectivity index is 2.14. The van der Waals surface area contributed by atoms with Gasteiger partial charge in [0.2, 0.25) is 5.91 Å². The van der Waals surface area contributed by atoms with Crippen LogP contribution in [0.15, 0.2) is 0 Å². The molecular weight excluding hydrogens is 248 g/mol. The summed E-state index contributed by atoms with van der Waals surface area (Å²) in [6, 6.07) is 0. The molecule has 0 aromatic carbocycles.